The molecule has 0 aliphatic heterocycles. The molecule has 0 heterocycles. The van der Waals surface area contributed by atoms with E-state index in [2.05, 4.69) is 0 Å². The predicted octanol–water partition coefficient (Wildman–Crippen LogP) is 2.56. The molecular formula is C12H18FNO. The van der Waals surface area contributed by atoms with Gasteiger partial charge in [-0.2, -0.15) is 0 Å². The van der Waals surface area contributed by atoms with Gasteiger partial charge in [-0.15, -0.1) is 0 Å². The molecule has 0 saturated carbocycles. The number of hydrogen-bond acceptors (Lipinski definition) is 2. The summed E-state index contributed by atoms with van der Waals surface area (Å²) in [6.45, 7) is 6.19. The molecule has 0 aliphatic rings. The van der Waals surface area contributed by atoms with E-state index in [0.29, 0.717) is 6.54 Å². The fourth-order valence-electron chi connectivity index (χ4n) is 1.58. The van der Waals surface area contributed by atoms with E-state index in [1.807, 2.05) is 20.8 Å². The van der Waals surface area contributed by atoms with E-state index in [0.717, 1.165) is 11.1 Å². The SMILES string of the molecule is Cc1cc(F)ccc1C(CN)OC(C)C. The minimum Gasteiger partial charge on any atom is -0.370 e. The fraction of sp³-hybridized carbons (Fsp3) is 0.500. The van der Waals surface area contributed by atoms with Crippen molar-refractivity contribution in [3.8, 4) is 0 Å². The van der Waals surface area contributed by atoms with Crippen molar-refractivity contribution in [2.24, 2.45) is 5.73 Å². The molecule has 84 valence electrons. The summed E-state index contributed by atoms with van der Waals surface area (Å²) in [4.78, 5) is 0. The molecule has 1 atom stereocenters. The van der Waals surface area contributed by atoms with Gasteiger partial charge in [-0.25, -0.2) is 4.39 Å². The first kappa shape index (κ1) is 12.1. The average molecular weight is 211 g/mol. The molecule has 0 amide bonds. The van der Waals surface area contributed by atoms with Crippen LogP contribution in [0.1, 0.15) is 31.1 Å². The van der Waals surface area contributed by atoms with Gasteiger partial charge in [-0.05, 0) is 44.0 Å². The van der Waals surface area contributed by atoms with Crippen molar-refractivity contribution in [1.82, 2.24) is 0 Å². The van der Waals surface area contributed by atoms with Crippen molar-refractivity contribution in [3.63, 3.8) is 0 Å². The monoisotopic (exact) mass is 211 g/mol. The topological polar surface area (TPSA) is 35.2 Å². The Kier molecular flexibility index (Phi) is 4.24. The summed E-state index contributed by atoms with van der Waals surface area (Å²) in [6, 6.07) is 4.68. The number of rotatable bonds is 4. The van der Waals surface area contributed by atoms with Crippen LogP contribution in [-0.2, 0) is 4.74 Å². The average Bonchev–Trinajstić information content (AvgIpc) is 2.14. The maximum atomic E-state index is 12.9. The van der Waals surface area contributed by atoms with Crippen LogP contribution in [0.2, 0.25) is 0 Å². The van der Waals surface area contributed by atoms with Crippen LogP contribution >= 0.6 is 0 Å². The van der Waals surface area contributed by atoms with Crippen LogP contribution in [0.4, 0.5) is 4.39 Å². The van der Waals surface area contributed by atoms with Gasteiger partial charge in [-0.3, -0.25) is 0 Å². The maximum Gasteiger partial charge on any atom is 0.123 e. The lowest BCUT2D eigenvalue weighted by molar-refractivity contribution is 0.0116. The van der Waals surface area contributed by atoms with Gasteiger partial charge in [0.25, 0.3) is 0 Å². The smallest absolute Gasteiger partial charge is 0.123 e. The van der Waals surface area contributed by atoms with Crippen LogP contribution in [0, 0.1) is 12.7 Å². The zero-order valence-electron chi connectivity index (χ0n) is 9.46. The molecule has 0 aromatic heterocycles. The summed E-state index contributed by atoms with van der Waals surface area (Å²) in [5.41, 5.74) is 7.49. The standard InChI is InChI=1S/C12H18FNO/c1-8(2)15-12(7-14)11-5-4-10(13)6-9(11)3/h4-6,8,12H,7,14H2,1-3H3. The lowest BCUT2D eigenvalue weighted by Crippen LogP contribution is -2.20. The number of benzene rings is 1. The van der Waals surface area contributed by atoms with E-state index in [4.69, 9.17) is 10.5 Å². The first-order valence-electron chi connectivity index (χ1n) is 5.16. The van der Waals surface area contributed by atoms with Crippen LogP contribution in [0.3, 0.4) is 0 Å². The van der Waals surface area contributed by atoms with Gasteiger partial charge in [0.05, 0.1) is 12.2 Å². The zero-order valence-corrected chi connectivity index (χ0v) is 9.46. The fourth-order valence-corrected chi connectivity index (χ4v) is 1.58. The second-order valence-corrected chi connectivity index (χ2v) is 3.91. The normalized spacial score (nSPS) is 13.2. The number of ether oxygens (including phenoxy) is 1. The lowest BCUT2D eigenvalue weighted by atomic mass is 10.0. The van der Waals surface area contributed by atoms with Crippen LogP contribution in [0.15, 0.2) is 18.2 Å². The van der Waals surface area contributed by atoms with Crippen molar-refractivity contribution < 1.29 is 9.13 Å². The molecule has 1 aromatic rings. The highest BCUT2D eigenvalue weighted by atomic mass is 19.1. The van der Waals surface area contributed by atoms with Gasteiger partial charge in [0.2, 0.25) is 0 Å². The van der Waals surface area contributed by atoms with E-state index < -0.39 is 0 Å². The van der Waals surface area contributed by atoms with Crippen molar-refractivity contribution in [3.05, 3.63) is 35.1 Å². The second kappa shape index (κ2) is 5.24. The Balaban J connectivity index is 2.91. The van der Waals surface area contributed by atoms with Gasteiger partial charge in [-0.1, -0.05) is 6.07 Å². The molecule has 0 saturated heterocycles. The minimum atomic E-state index is -0.225. The first-order valence-corrected chi connectivity index (χ1v) is 5.16. The Morgan fingerprint density at radius 2 is 2.07 bits per heavy atom. The molecule has 0 spiro atoms. The molecule has 1 aromatic carbocycles. The summed E-state index contributed by atoms with van der Waals surface area (Å²) < 4.78 is 18.6. The maximum absolute atomic E-state index is 12.9. The molecule has 0 aliphatic carbocycles. The third-order valence-corrected chi connectivity index (χ3v) is 2.23. The Labute approximate surface area is 90.2 Å². The van der Waals surface area contributed by atoms with Crippen LogP contribution < -0.4 is 5.73 Å². The van der Waals surface area contributed by atoms with E-state index in [1.165, 1.54) is 12.1 Å². The van der Waals surface area contributed by atoms with Gasteiger partial charge in [0, 0.05) is 6.54 Å². The highest BCUT2D eigenvalue weighted by Gasteiger charge is 2.14. The minimum absolute atomic E-state index is 0.114. The van der Waals surface area contributed by atoms with Crippen molar-refractivity contribution in [1.29, 1.82) is 0 Å². The van der Waals surface area contributed by atoms with Crippen LogP contribution in [0.5, 0.6) is 0 Å². The molecule has 2 N–H and O–H groups in total. The summed E-state index contributed by atoms with van der Waals surface area (Å²) >= 11 is 0. The third-order valence-electron chi connectivity index (χ3n) is 2.23. The summed E-state index contributed by atoms with van der Waals surface area (Å²) in [7, 11) is 0. The van der Waals surface area contributed by atoms with Crippen molar-refractivity contribution in [2.45, 2.75) is 33.0 Å². The van der Waals surface area contributed by atoms with Gasteiger partial charge in [0.15, 0.2) is 0 Å². The molecule has 1 rings (SSSR count). The third kappa shape index (κ3) is 3.29. The molecule has 15 heavy (non-hydrogen) atoms. The Bertz CT molecular complexity index is 325. The van der Waals surface area contributed by atoms with Crippen molar-refractivity contribution >= 4 is 0 Å². The summed E-state index contributed by atoms with van der Waals surface area (Å²) in [6.07, 6.45) is -0.0337. The summed E-state index contributed by atoms with van der Waals surface area (Å²) in [5.74, 6) is -0.225. The van der Waals surface area contributed by atoms with Gasteiger partial charge in [0.1, 0.15) is 5.82 Å². The summed E-state index contributed by atoms with van der Waals surface area (Å²) in [5, 5.41) is 0. The van der Waals surface area contributed by atoms with E-state index in [9.17, 15) is 4.39 Å². The first-order chi connectivity index (χ1) is 7.04. The highest BCUT2D eigenvalue weighted by molar-refractivity contribution is 5.28. The molecule has 1 unspecified atom stereocenters. The number of hydrogen-bond donors (Lipinski definition) is 1. The van der Waals surface area contributed by atoms with Crippen molar-refractivity contribution in [2.75, 3.05) is 6.54 Å². The largest absolute Gasteiger partial charge is 0.370 e. The quantitative estimate of drug-likeness (QED) is 0.830. The second-order valence-electron chi connectivity index (χ2n) is 3.91. The highest BCUT2D eigenvalue weighted by Crippen LogP contribution is 2.22. The lowest BCUT2D eigenvalue weighted by Gasteiger charge is -2.20. The molecule has 0 bridgehead atoms. The van der Waals surface area contributed by atoms with Crippen LogP contribution in [0.25, 0.3) is 0 Å². The molecule has 2 nitrogen and oxygen atoms in total. The van der Waals surface area contributed by atoms with E-state index in [1.54, 1.807) is 6.07 Å². The number of nitrogens with two attached hydrogens (primary N) is 1. The number of halogens is 1. The molecular weight excluding hydrogens is 193 g/mol. The Morgan fingerprint density at radius 1 is 1.40 bits per heavy atom. The van der Waals surface area contributed by atoms with E-state index in [-0.39, 0.29) is 18.0 Å². The molecule has 0 radical (unpaired) electrons. The van der Waals surface area contributed by atoms with Gasteiger partial charge < -0.3 is 10.5 Å². The molecule has 0 fully saturated rings. The number of aryl methyl sites for hydroxylation is 1. The van der Waals surface area contributed by atoms with Gasteiger partial charge >= 0.3 is 0 Å². The Morgan fingerprint density at radius 3 is 2.53 bits per heavy atom. The van der Waals surface area contributed by atoms with E-state index >= 15 is 0 Å². The zero-order chi connectivity index (χ0) is 11.4. The Hall–Kier alpha value is -0.930. The van der Waals surface area contributed by atoms with Crippen LogP contribution in [-0.4, -0.2) is 12.6 Å². The molecule has 3 heteroatoms. The predicted molar refractivity (Wildman–Crippen MR) is 59.2 cm³/mol.